The Kier molecular flexibility index (Phi) is 7.75. The molecule has 0 aromatic carbocycles. The van der Waals surface area contributed by atoms with Gasteiger partial charge in [0.25, 0.3) is 11.8 Å². The monoisotopic (exact) mass is 570 g/mol. The molecule has 12 heteroatoms. The van der Waals surface area contributed by atoms with E-state index < -0.39 is 11.7 Å². The van der Waals surface area contributed by atoms with E-state index in [0.717, 1.165) is 47.3 Å². The summed E-state index contributed by atoms with van der Waals surface area (Å²) in [6.45, 7) is 12.2. The molecule has 5 rings (SSSR count). The van der Waals surface area contributed by atoms with Gasteiger partial charge in [-0.05, 0) is 78.5 Å². The molecule has 0 bridgehead atoms. The second kappa shape index (κ2) is 11.0. The molecule has 2 N–H and O–H groups in total. The molecule has 3 fully saturated rings. The third-order valence-corrected chi connectivity index (χ3v) is 9.28. The normalized spacial score (nSPS) is 22.4. The fourth-order valence-electron chi connectivity index (χ4n) is 6.04. The fourth-order valence-corrected chi connectivity index (χ4v) is 7.13. The number of nitrogens with zero attached hydrogens (tertiary/aromatic N) is 4. The highest BCUT2D eigenvalue weighted by atomic mass is 32.1. The van der Waals surface area contributed by atoms with Crippen LogP contribution in [0.5, 0.6) is 0 Å². The molecule has 2 aromatic rings. The van der Waals surface area contributed by atoms with Crippen molar-refractivity contribution in [1.29, 1.82) is 0 Å². The van der Waals surface area contributed by atoms with Crippen LogP contribution in [0.4, 0.5) is 14.6 Å². The zero-order chi connectivity index (χ0) is 28.8. The number of rotatable bonds is 5. The van der Waals surface area contributed by atoms with Crippen molar-refractivity contribution >= 4 is 50.5 Å². The van der Waals surface area contributed by atoms with Gasteiger partial charge in [0.15, 0.2) is 0 Å². The number of fused-ring (bicyclic) bond motifs is 1. The molecule has 2 aromatic heterocycles. The van der Waals surface area contributed by atoms with Crippen molar-refractivity contribution in [2.24, 2.45) is 0 Å². The molecule has 1 unspecified atom stereocenters. The molecule has 3 aliphatic rings. The Bertz CT molecular complexity index is 1350. The van der Waals surface area contributed by atoms with Crippen LogP contribution >= 0.6 is 11.3 Å². The summed E-state index contributed by atoms with van der Waals surface area (Å²) in [6, 6.07) is 1.56. The van der Waals surface area contributed by atoms with Crippen molar-refractivity contribution < 1.29 is 23.9 Å². The number of hydrogen-bond acceptors (Lipinski definition) is 8. The number of amides is 5. The second-order valence-electron chi connectivity index (χ2n) is 11.3. The van der Waals surface area contributed by atoms with Gasteiger partial charge in [0.1, 0.15) is 9.83 Å². The quantitative estimate of drug-likeness (QED) is 0.559. The number of aromatic nitrogens is 1. The summed E-state index contributed by atoms with van der Waals surface area (Å²) in [4.78, 5) is 62.7. The van der Waals surface area contributed by atoms with Crippen LogP contribution in [0.2, 0.25) is 0 Å². The van der Waals surface area contributed by atoms with E-state index in [-0.39, 0.29) is 29.9 Å². The van der Waals surface area contributed by atoms with Crippen molar-refractivity contribution in [2.75, 3.05) is 38.0 Å². The van der Waals surface area contributed by atoms with Crippen LogP contribution in [-0.4, -0.2) is 94.0 Å². The zero-order valence-corrected chi connectivity index (χ0v) is 24.7. The molecular formula is C28H38N6O5S. The molecule has 0 saturated carbocycles. The number of ether oxygens (including phenoxy) is 1. The molecule has 3 saturated heterocycles. The lowest BCUT2D eigenvalue weighted by molar-refractivity contribution is -0.143. The van der Waals surface area contributed by atoms with Crippen LogP contribution in [-0.2, 0) is 9.53 Å². The molecule has 0 radical (unpaired) electrons. The number of aryl methyl sites for hydroxylation is 2. The Labute approximate surface area is 238 Å². The van der Waals surface area contributed by atoms with E-state index in [1.165, 1.54) is 16.2 Å². The van der Waals surface area contributed by atoms with Crippen LogP contribution in [0.3, 0.4) is 0 Å². The molecular weight excluding hydrogens is 532 g/mol. The minimum atomic E-state index is -1.11. The fraction of sp³-hybridized carbons (Fsp3) is 0.607. The summed E-state index contributed by atoms with van der Waals surface area (Å²) in [5.41, 5.74) is 1.25. The first-order chi connectivity index (χ1) is 19.0. The minimum absolute atomic E-state index is 0.121. The molecule has 5 heterocycles. The van der Waals surface area contributed by atoms with Crippen LogP contribution in [0.25, 0.3) is 10.2 Å². The smallest absolute Gasteiger partial charge is 0.418 e. The van der Waals surface area contributed by atoms with Crippen LogP contribution in [0, 0.1) is 13.8 Å². The van der Waals surface area contributed by atoms with Gasteiger partial charge in [0.2, 0.25) is 5.60 Å². The largest absolute Gasteiger partial charge is 0.431 e. The lowest BCUT2D eigenvalue weighted by atomic mass is 9.89. The number of imide groups is 1. The number of anilines is 1. The standard InChI is InChI=1S/C28H38N6O5S/c1-6-29-26(37)31-23-21(20-14-17(4)18(5)30-22(20)40-23)24(35)32-12-8-19(9-13-32)33-11-7-10-28(15-33)25(36)34(16(2)3)27(38)39-28/h14,16,19H,6-13,15H2,1-5H3,(H2,29,31,37). The first-order valence-corrected chi connectivity index (χ1v) is 14.9. The summed E-state index contributed by atoms with van der Waals surface area (Å²) < 4.78 is 5.71. The van der Waals surface area contributed by atoms with Crippen LogP contribution in [0.1, 0.15) is 68.1 Å². The zero-order valence-electron chi connectivity index (χ0n) is 23.8. The first kappa shape index (κ1) is 28.3. The van der Waals surface area contributed by atoms with Gasteiger partial charge in [-0.2, -0.15) is 0 Å². The van der Waals surface area contributed by atoms with Crippen molar-refractivity contribution in [3.63, 3.8) is 0 Å². The molecule has 216 valence electrons. The van der Waals surface area contributed by atoms with E-state index in [9.17, 15) is 19.2 Å². The molecule has 1 atom stereocenters. The van der Waals surface area contributed by atoms with Gasteiger partial charge in [-0.3, -0.25) is 19.8 Å². The lowest BCUT2D eigenvalue weighted by Crippen LogP contribution is -2.58. The summed E-state index contributed by atoms with van der Waals surface area (Å²) in [6.07, 6.45) is 2.24. The third-order valence-electron chi connectivity index (χ3n) is 8.26. The SMILES string of the molecule is CCNC(=O)Nc1sc2nc(C)c(C)cc2c1C(=O)N1CCC(N2CCCC3(C2)OC(=O)N(C(C)C)C3=O)CC1. The van der Waals surface area contributed by atoms with E-state index in [0.29, 0.717) is 43.2 Å². The van der Waals surface area contributed by atoms with Crippen molar-refractivity contribution in [1.82, 2.24) is 25.0 Å². The van der Waals surface area contributed by atoms with Gasteiger partial charge < -0.3 is 15.0 Å². The molecule has 11 nitrogen and oxygen atoms in total. The highest BCUT2D eigenvalue weighted by Gasteiger charge is 2.56. The van der Waals surface area contributed by atoms with Crippen molar-refractivity contribution in [3.8, 4) is 0 Å². The van der Waals surface area contributed by atoms with Crippen LogP contribution < -0.4 is 10.6 Å². The maximum atomic E-state index is 13.9. The van der Waals surface area contributed by atoms with Crippen molar-refractivity contribution in [3.05, 3.63) is 22.9 Å². The van der Waals surface area contributed by atoms with E-state index in [1.54, 1.807) is 0 Å². The number of urea groups is 1. The Hall–Kier alpha value is -3.25. The number of hydrogen-bond donors (Lipinski definition) is 2. The number of pyridine rings is 1. The number of nitrogens with one attached hydrogen (secondary N) is 2. The Morgan fingerprint density at radius 2 is 1.93 bits per heavy atom. The summed E-state index contributed by atoms with van der Waals surface area (Å²) in [7, 11) is 0. The number of likely N-dealkylation sites (tertiary alicyclic amines) is 2. The second-order valence-corrected chi connectivity index (χ2v) is 12.3. The summed E-state index contributed by atoms with van der Waals surface area (Å²) >= 11 is 1.31. The van der Waals surface area contributed by atoms with E-state index >= 15 is 0 Å². The number of carbonyl (C=O) groups is 4. The van der Waals surface area contributed by atoms with E-state index in [4.69, 9.17) is 4.74 Å². The van der Waals surface area contributed by atoms with Gasteiger partial charge in [-0.1, -0.05) is 11.3 Å². The highest BCUT2D eigenvalue weighted by molar-refractivity contribution is 7.23. The molecule has 1 spiro atoms. The van der Waals surface area contributed by atoms with Gasteiger partial charge in [-0.25, -0.2) is 19.5 Å². The van der Waals surface area contributed by atoms with Gasteiger partial charge in [0, 0.05) is 49.3 Å². The average Bonchev–Trinajstić information content (AvgIpc) is 3.36. The number of thiophene rings is 1. The first-order valence-electron chi connectivity index (χ1n) is 14.1. The third kappa shape index (κ3) is 5.03. The maximum Gasteiger partial charge on any atom is 0.418 e. The Morgan fingerprint density at radius 3 is 2.58 bits per heavy atom. The number of piperidine rings is 2. The summed E-state index contributed by atoms with van der Waals surface area (Å²) in [5.74, 6) is -0.357. The molecule has 3 aliphatic heterocycles. The predicted molar refractivity (Wildman–Crippen MR) is 153 cm³/mol. The predicted octanol–water partition coefficient (Wildman–Crippen LogP) is 3.88. The maximum absolute atomic E-state index is 13.9. The molecule has 5 amide bonds. The number of carbonyl (C=O) groups excluding carboxylic acids is 4. The molecule has 40 heavy (non-hydrogen) atoms. The van der Waals surface area contributed by atoms with Gasteiger partial charge in [0.05, 0.1) is 5.56 Å². The Morgan fingerprint density at radius 1 is 1.20 bits per heavy atom. The summed E-state index contributed by atoms with van der Waals surface area (Å²) in [5, 5.41) is 6.85. The Balaban J connectivity index is 1.31. The van der Waals surface area contributed by atoms with Gasteiger partial charge in [-0.15, -0.1) is 0 Å². The minimum Gasteiger partial charge on any atom is -0.431 e. The topological polar surface area (TPSA) is 124 Å². The van der Waals surface area contributed by atoms with E-state index in [2.05, 4.69) is 20.5 Å². The highest BCUT2D eigenvalue weighted by Crippen LogP contribution is 2.39. The lowest BCUT2D eigenvalue weighted by Gasteiger charge is -2.44. The van der Waals surface area contributed by atoms with Gasteiger partial charge >= 0.3 is 12.1 Å². The van der Waals surface area contributed by atoms with Crippen molar-refractivity contribution in [2.45, 2.75) is 78.0 Å². The van der Waals surface area contributed by atoms with Crippen LogP contribution in [0.15, 0.2) is 6.07 Å². The van der Waals surface area contributed by atoms with E-state index in [1.807, 2.05) is 45.6 Å². The molecule has 0 aliphatic carbocycles. The average molecular weight is 571 g/mol.